The normalized spacial score (nSPS) is 17.6. The molecular weight excluding hydrogens is 420 g/mol. The molecule has 0 spiro atoms. The van der Waals surface area contributed by atoms with E-state index in [9.17, 15) is 4.79 Å². The van der Waals surface area contributed by atoms with Crippen molar-refractivity contribution < 1.29 is 9.21 Å². The van der Waals surface area contributed by atoms with Crippen LogP contribution in [0.5, 0.6) is 0 Å². The number of nitrogens with one attached hydrogen (secondary N) is 1. The first-order valence-corrected chi connectivity index (χ1v) is 11.0. The molecule has 2 aliphatic heterocycles. The van der Waals surface area contributed by atoms with Gasteiger partial charge in [-0.1, -0.05) is 37.6 Å². The van der Waals surface area contributed by atoms with Gasteiger partial charge in [-0.3, -0.25) is 10.2 Å². The number of benzene rings is 1. The highest BCUT2D eigenvalue weighted by Gasteiger charge is 2.37. The Balaban J connectivity index is 1.62. The van der Waals surface area contributed by atoms with Crippen LogP contribution in [0, 0.1) is 18.3 Å². The maximum absolute atomic E-state index is 12.6. The van der Waals surface area contributed by atoms with Gasteiger partial charge in [-0.25, -0.2) is 0 Å². The number of carbonyl (C=O) groups is 1. The van der Waals surface area contributed by atoms with Crippen LogP contribution in [0.3, 0.4) is 0 Å². The number of carbonyl (C=O) groups excluding carboxylic acids is 1. The monoisotopic (exact) mass is 440 g/mol. The molecule has 0 aliphatic carbocycles. The fraction of sp³-hybridized carbons (Fsp3) is 0.273. The minimum atomic E-state index is -0.462. The van der Waals surface area contributed by atoms with Gasteiger partial charge in [0.15, 0.2) is 5.84 Å². The Bertz CT molecular complexity index is 1130. The lowest BCUT2D eigenvalue weighted by Gasteiger charge is -2.19. The third-order valence-electron chi connectivity index (χ3n) is 5.17. The highest BCUT2D eigenvalue weighted by atomic mass is 35.5. The Morgan fingerprint density at radius 1 is 1.27 bits per heavy atom. The Hall–Kier alpha value is -2.64. The van der Waals surface area contributed by atoms with Gasteiger partial charge in [0.1, 0.15) is 16.6 Å². The summed E-state index contributed by atoms with van der Waals surface area (Å²) in [6, 6.07) is 9.26. The second-order valence-corrected chi connectivity index (χ2v) is 8.53. The molecule has 2 aromatic rings. The van der Waals surface area contributed by atoms with Crippen LogP contribution in [-0.4, -0.2) is 27.0 Å². The lowest BCUT2D eigenvalue weighted by Crippen LogP contribution is -2.35. The van der Waals surface area contributed by atoms with E-state index in [0.29, 0.717) is 27.6 Å². The average molecular weight is 441 g/mol. The summed E-state index contributed by atoms with van der Waals surface area (Å²) in [6.45, 7) is 6.15. The molecule has 0 atom stereocenters. The maximum Gasteiger partial charge on any atom is 0.283 e. The topological polar surface area (TPSA) is 82.0 Å². The number of amides is 1. The zero-order valence-corrected chi connectivity index (χ0v) is 18.5. The number of thioether (sulfide) groups is 1. The van der Waals surface area contributed by atoms with Crippen molar-refractivity contribution in [3.63, 3.8) is 0 Å². The third-order valence-corrected chi connectivity index (χ3v) is 6.65. The second kappa shape index (κ2) is 8.24. The summed E-state index contributed by atoms with van der Waals surface area (Å²) in [4.78, 5) is 16.7. The van der Waals surface area contributed by atoms with E-state index in [0.717, 1.165) is 29.0 Å². The number of halogens is 1. The van der Waals surface area contributed by atoms with Crippen LogP contribution in [0.4, 0.5) is 0 Å². The molecule has 2 aliphatic rings. The number of hydrogen-bond donors (Lipinski definition) is 1. The minimum Gasteiger partial charge on any atom is -0.457 e. The molecule has 1 aromatic carbocycles. The van der Waals surface area contributed by atoms with E-state index in [2.05, 4.69) is 23.9 Å². The van der Waals surface area contributed by atoms with Crippen molar-refractivity contribution >= 4 is 51.4 Å². The van der Waals surface area contributed by atoms with Gasteiger partial charge in [-0.05, 0) is 61.4 Å². The summed E-state index contributed by atoms with van der Waals surface area (Å²) in [5.41, 5.74) is 1.98. The van der Waals surface area contributed by atoms with E-state index in [1.54, 1.807) is 12.1 Å². The van der Waals surface area contributed by atoms with E-state index in [-0.39, 0.29) is 11.4 Å². The van der Waals surface area contributed by atoms with Crippen LogP contribution in [0.1, 0.15) is 38.0 Å². The molecule has 154 valence electrons. The molecule has 6 nitrogen and oxygen atoms in total. The predicted octanol–water partition coefficient (Wildman–Crippen LogP) is 5.96. The van der Waals surface area contributed by atoms with Crippen LogP contribution in [-0.2, 0) is 4.79 Å². The molecule has 0 saturated carbocycles. The number of aryl methyl sites for hydroxylation is 1. The Kier molecular flexibility index (Phi) is 5.66. The van der Waals surface area contributed by atoms with E-state index < -0.39 is 5.91 Å². The van der Waals surface area contributed by atoms with E-state index in [1.807, 2.05) is 31.2 Å². The van der Waals surface area contributed by atoms with E-state index in [4.69, 9.17) is 21.4 Å². The Morgan fingerprint density at radius 2 is 2.03 bits per heavy atom. The maximum atomic E-state index is 12.6. The van der Waals surface area contributed by atoms with Gasteiger partial charge in [0.05, 0.1) is 5.57 Å². The molecule has 1 amide bonds. The van der Waals surface area contributed by atoms with Gasteiger partial charge < -0.3 is 4.42 Å². The number of rotatable bonds is 5. The first-order valence-electron chi connectivity index (χ1n) is 9.77. The Labute approximate surface area is 184 Å². The zero-order valence-electron chi connectivity index (χ0n) is 16.9. The molecule has 0 saturated heterocycles. The molecule has 8 heteroatoms. The number of hydrazone groups is 1. The number of amidine groups is 2. The fourth-order valence-electron chi connectivity index (χ4n) is 3.28. The number of fused-ring (bicyclic) bond motifs is 1. The molecule has 0 radical (unpaired) electrons. The van der Waals surface area contributed by atoms with Crippen molar-refractivity contribution in [2.75, 3.05) is 0 Å². The number of hydrogen-bond acceptors (Lipinski definition) is 5. The van der Waals surface area contributed by atoms with E-state index >= 15 is 0 Å². The van der Waals surface area contributed by atoms with Gasteiger partial charge >= 0.3 is 0 Å². The fourth-order valence-corrected chi connectivity index (χ4v) is 4.62. The summed E-state index contributed by atoms with van der Waals surface area (Å²) in [5, 5.41) is 16.5. The molecule has 30 heavy (non-hydrogen) atoms. The standard InChI is InChI=1S/C22H21ClN4O2S/c1-4-13(5-2)21-26-27-19(24)16(20(28)25-22(27)30-21)11-15-8-9-18(29-15)14-7-6-12(3)17(23)10-14/h6-11,13,24H,4-5H2,1-3H3. The lowest BCUT2D eigenvalue weighted by molar-refractivity contribution is -0.114. The SMILES string of the molecule is CCC(CC)C1=NN2C(=N)C(=Cc3ccc(-c4ccc(C)c(Cl)c4)o3)C(=O)N=C2S1. The molecule has 0 fully saturated rings. The molecule has 4 rings (SSSR count). The van der Waals surface area contributed by atoms with Crippen LogP contribution < -0.4 is 0 Å². The summed E-state index contributed by atoms with van der Waals surface area (Å²) in [7, 11) is 0. The highest BCUT2D eigenvalue weighted by molar-refractivity contribution is 8.27. The van der Waals surface area contributed by atoms with E-state index in [1.165, 1.54) is 16.8 Å². The van der Waals surface area contributed by atoms with Crippen molar-refractivity contribution in [3.8, 4) is 11.3 Å². The first kappa shape index (κ1) is 20.6. The molecular formula is C22H21ClN4O2S. The van der Waals surface area contributed by atoms with Crippen LogP contribution in [0.15, 0.2) is 50.4 Å². The zero-order chi connectivity index (χ0) is 21.4. The lowest BCUT2D eigenvalue weighted by atomic mass is 10.1. The van der Waals surface area contributed by atoms with Gasteiger partial charge in [-0.15, -0.1) is 0 Å². The highest BCUT2D eigenvalue weighted by Crippen LogP contribution is 2.33. The Morgan fingerprint density at radius 3 is 2.73 bits per heavy atom. The van der Waals surface area contributed by atoms with Crippen LogP contribution in [0.25, 0.3) is 17.4 Å². The summed E-state index contributed by atoms with van der Waals surface area (Å²) >= 11 is 7.58. The minimum absolute atomic E-state index is 0.00906. The van der Waals surface area contributed by atoms with Crippen molar-refractivity contribution in [3.05, 3.63) is 52.3 Å². The van der Waals surface area contributed by atoms with Gasteiger partial charge in [0.2, 0.25) is 5.17 Å². The van der Waals surface area contributed by atoms with Crippen molar-refractivity contribution in [1.82, 2.24) is 5.01 Å². The van der Waals surface area contributed by atoms with Crippen LogP contribution >= 0.6 is 23.4 Å². The molecule has 0 bridgehead atoms. The largest absolute Gasteiger partial charge is 0.457 e. The summed E-state index contributed by atoms with van der Waals surface area (Å²) in [6.07, 6.45) is 3.44. The van der Waals surface area contributed by atoms with Gasteiger partial charge in [0.25, 0.3) is 5.91 Å². The molecule has 1 N–H and O–H groups in total. The smallest absolute Gasteiger partial charge is 0.283 e. The average Bonchev–Trinajstić information content (AvgIpc) is 3.36. The molecule has 0 unspecified atom stereocenters. The number of nitrogens with zero attached hydrogens (tertiary/aromatic N) is 3. The van der Waals surface area contributed by atoms with Crippen molar-refractivity contribution in [2.24, 2.45) is 16.0 Å². The summed E-state index contributed by atoms with van der Waals surface area (Å²) < 4.78 is 5.88. The van der Waals surface area contributed by atoms with Gasteiger partial charge in [0, 0.05) is 16.5 Å². The first-order chi connectivity index (χ1) is 14.4. The molecule has 3 heterocycles. The van der Waals surface area contributed by atoms with Gasteiger partial charge in [-0.2, -0.15) is 15.1 Å². The molecule has 1 aromatic heterocycles. The number of aliphatic imine (C=N–C) groups is 1. The van der Waals surface area contributed by atoms with Crippen molar-refractivity contribution in [1.29, 1.82) is 5.41 Å². The second-order valence-electron chi connectivity index (χ2n) is 7.14. The van der Waals surface area contributed by atoms with Crippen LogP contribution in [0.2, 0.25) is 5.02 Å². The predicted molar refractivity (Wildman–Crippen MR) is 123 cm³/mol. The third kappa shape index (κ3) is 3.75. The summed E-state index contributed by atoms with van der Waals surface area (Å²) in [5.74, 6) is 0.941. The van der Waals surface area contributed by atoms with Crippen molar-refractivity contribution in [2.45, 2.75) is 33.6 Å². The quantitative estimate of drug-likeness (QED) is 0.581. The number of furan rings is 1.